The lowest BCUT2D eigenvalue weighted by Crippen LogP contribution is -2.09. The predicted molar refractivity (Wildman–Crippen MR) is 133 cm³/mol. The topological polar surface area (TPSA) is 149 Å². The van der Waals surface area contributed by atoms with Gasteiger partial charge in [-0.15, -0.1) is 10.2 Å². The molecule has 0 fully saturated rings. The summed E-state index contributed by atoms with van der Waals surface area (Å²) in [5.74, 6) is 0.445. The van der Waals surface area contributed by atoms with E-state index in [0.29, 0.717) is 18.0 Å². The number of amides is 1. The molecule has 0 radical (unpaired) electrons. The quantitative estimate of drug-likeness (QED) is 0.178. The second kappa shape index (κ2) is 12.7. The van der Waals surface area contributed by atoms with Gasteiger partial charge in [0.2, 0.25) is 5.91 Å². The second-order valence-electron chi connectivity index (χ2n) is 7.81. The Balaban J connectivity index is 2.69. The van der Waals surface area contributed by atoms with Crippen molar-refractivity contribution in [2.24, 2.45) is 10.2 Å². The number of carbonyl (C=O) groups is 1. The number of rotatable bonds is 12. The van der Waals surface area contributed by atoms with E-state index in [0.717, 1.165) is 43.4 Å². The summed E-state index contributed by atoms with van der Waals surface area (Å²) in [6.45, 7) is 7.79. The molecule has 0 aliphatic heterocycles. The van der Waals surface area contributed by atoms with Crippen molar-refractivity contribution in [1.82, 2.24) is 0 Å². The Labute approximate surface area is 207 Å². The molecule has 0 bridgehead atoms. The number of ether oxygens (including phenoxy) is 1. The molecule has 188 valence electrons. The van der Waals surface area contributed by atoms with Crippen molar-refractivity contribution in [3.05, 3.63) is 55.1 Å². The van der Waals surface area contributed by atoms with E-state index < -0.39 is 21.2 Å². The molecule has 2 rings (SSSR count). The molecular formula is C23H28ClN5O6. The van der Waals surface area contributed by atoms with Crippen molar-refractivity contribution in [3.63, 3.8) is 0 Å². The van der Waals surface area contributed by atoms with E-state index in [1.54, 1.807) is 12.1 Å². The highest BCUT2D eigenvalue weighted by Crippen LogP contribution is 2.43. The first-order chi connectivity index (χ1) is 16.6. The van der Waals surface area contributed by atoms with Gasteiger partial charge in [0.25, 0.3) is 5.69 Å². The van der Waals surface area contributed by atoms with Crippen molar-refractivity contribution in [3.8, 4) is 5.75 Å². The number of nitro groups is 2. The van der Waals surface area contributed by atoms with E-state index >= 15 is 0 Å². The zero-order valence-electron chi connectivity index (χ0n) is 20.0. The summed E-state index contributed by atoms with van der Waals surface area (Å²) in [5.41, 5.74) is -0.0620. The highest BCUT2D eigenvalue weighted by Gasteiger charge is 2.24. The lowest BCUT2D eigenvalue weighted by atomic mass is 9.89. The molecule has 1 amide bonds. The van der Waals surface area contributed by atoms with E-state index in [1.165, 1.54) is 6.92 Å². The molecule has 0 spiro atoms. The van der Waals surface area contributed by atoms with Crippen LogP contribution in [0.3, 0.4) is 0 Å². The van der Waals surface area contributed by atoms with Crippen molar-refractivity contribution in [2.75, 3.05) is 11.9 Å². The molecular weight excluding hydrogens is 478 g/mol. The summed E-state index contributed by atoms with van der Waals surface area (Å²) < 4.78 is 5.87. The van der Waals surface area contributed by atoms with Gasteiger partial charge >= 0.3 is 5.69 Å². The number of benzene rings is 2. The first kappa shape index (κ1) is 27.6. The Morgan fingerprint density at radius 2 is 1.71 bits per heavy atom. The van der Waals surface area contributed by atoms with Crippen LogP contribution in [-0.2, 0) is 4.79 Å². The third kappa shape index (κ3) is 7.19. The predicted octanol–water partition coefficient (Wildman–Crippen LogP) is 7.61. The number of nitro benzene ring substituents is 2. The zero-order chi connectivity index (χ0) is 26.1. The summed E-state index contributed by atoms with van der Waals surface area (Å²) in [7, 11) is 0. The van der Waals surface area contributed by atoms with Crippen LogP contribution in [0.5, 0.6) is 5.75 Å². The van der Waals surface area contributed by atoms with Crippen molar-refractivity contribution in [1.29, 1.82) is 0 Å². The molecule has 0 aromatic heterocycles. The minimum absolute atomic E-state index is 0.197. The average Bonchev–Trinajstić information content (AvgIpc) is 2.78. The maximum atomic E-state index is 11.9. The Bertz CT molecular complexity index is 1130. The number of nitrogens with one attached hydrogen (secondary N) is 1. The van der Waals surface area contributed by atoms with Crippen LogP contribution in [0.1, 0.15) is 64.9 Å². The Hall–Kier alpha value is -3.60. The van der Waals surface area contributed by atoms with Crippen molar-refractivity contribution >= 4 is 45.9 Å². The lowest BCUT2D eigenvalue weighted by molar-refractivity contribution is -0.393. The summed E-state index contributed by atoms with van der Waals surface area (Å²) in [4.78, 5) is 32.8. The summed E-state index contributed by atoms with van der Waals surface area (Å²) in [5, 5.41) is 33.0. The standard InChI is InChI=1S/C23H28ClN5O6/c1-5-8-15(9-6-2)17-12-19(25-14(4)30)20(13-22(17)35-7-3)26-27-23-18(24)10-16(28(31)32)11-21(23)29(33)34/h10-13,15H,5-9H2,1-4H3,(H,25,30). The number of azo groups is 1. The molecule has 2 aromatic carbocycles. The smallest absolute Gasteiger partial charge is 0.305 e. The number of non-ortho nitro benzene ring substituents is 1. The van der Waals surface area contributed by atoms with Crippen LogP contribution in [0.2, 0.25) is 5.02 Å². The van der Waals surface area contributed by atoms with Gasteiger partial charge in [-0.25, -0.2) is 0 Å². The SMILES string of the molecule is CCCC(CCC)c1cc(NC(C)=O)c(N=Nc2c(Cl)cc([N+](=O)[O-])cc2[N+](=O)[O-])cc1OCC. The van der Waals surface area contributed by atoms with Gasteiger partial charge in [0.1, 0.15) is 11.4 Å². The van der Waals surface area contributed by atoms with Crippen LogP contribution in [0.25, 0.3) is 0 Å². The van der Waals surface area contributed by atoms with E-state index in [1.807, 2.05) is 6.92 Å². The maximum absolute atomic E-state index is 11.9. The number of carbonyl (C=O) groups excluding carboxylic acids is 1. The van der Waals surface area contributed by atoms with E-state index in [9.17, 15) is 25.0 Å². The third-order valence-corrected chi connectivity index (χ3v) is 5.43. The van der Waals surface area contributed by atoms with Gasteiger partial charge < -0.3 is 10.1 Å². The van der Waals surface area contributed by atoms with Gasteiger partial charge in [0, 0.05) is 19.1 Å². The van der Waals surface area contributed by atoms with Crippen LogP contribution in [0.15, 0.2) is 34.5 Å². The van der Waals surface area contributed by atoms with E-state index in [-0.39, 0.29) is 28.2 Å². The van der Waals surface area contributed by atoms with E-state index in [4.69, 9.17) is 16.3 Å². The number of anilines is 1. The number of hydrogen-bond acceptors (Lipinski definition) is 8. The molecule has 0 atom stereocenters. The van der Waals surface area contributed by atoms with Crippen LogP contribution in [0.4, 0.5) is 28.4 Å². The third-order valence-electron chi connectivity index (χ3n) is 5.15. The fraction of sp³-hybridized carbons (Fsp3) is 0.435. The molecule has 0 unspecified atom stereocenters. The fourth-order valence-corrected chi connectivity index (χ4v) is 3.97. The molecule has 0 aliphatic carbocycles. The minimum atomic E-state index is -0.823. The fourth-order valence-electron chi connectivity index (χ4n) is 3.73. The lowest BCUT2D eigenvalue weighted by Gasteiger charge is -2.21. The molecule has 0 aliphatic rings. The molecule has 11 nitrogen and oxygen atoms in total. The van der Waals surface area contributed by atoms with Gasteiger partial charge in [-0.1, -0.05) is 38.3 Å². The van der Waals surface area contributed by atoms with Gasteiger partial charge in [-0.05, 0) is 37.3 Å². The largest absolute Gasteiger partial charge is 0.494 e. The first-order valence-corrected chi connectivity index (χ1v) is 11.6. The summed E-state index contributed by atoms with van der Waals surface area (Å²) in [6, 6.07) is 5.15. The molecule has 0 heterocycles. The van der Waals surface area contributed by atoms with Crippen molar-refractivity contribution < 1.29 is 19.4 Å². The average molecular weight is 506 g/mol. The van der Waals surface area contributed by atoms with Gasteiger partial charge in [-0.3, -0.25) is 25.0 Å². The van der Waals surface area contributed by atoms with Crippen LogP contribution in [0, 0.1) is 20.2 Å². The number of halogens is 1. The highest BCUT2D eigenvalue weighted by molar-refractivity contribution is 6.33. The van der Waals surface area contributed by atoms with Crippen LogP contribution < -0.4 is 10.1 Å². The maximum Gasteiger partial charge on any atom is 0.305 e. The molecule has 0 saturated carbocycles. The minimum Gasteiger partial charge on any atom is -0.494 e. The van der Waals surface area contributed by atoms with Crippen LogP contribution in [-0.4, -0.2) is 22.4 Å². The Kier molecular flexibility index (Phi) is 10.1. The zero-order valence-corrected chi connectivity index (χ0v) is 20.8. The Morgan fingerprint density at radius 3 is 2.23 bits per heavy atom. The molecule has 2 aromatic rings. The first-order valence-electron chi connectivity index (χ1n) is 11.2. The summed E-state index contributed by atoms with van der Waals surface area (Å²) in [6.07, 6.45) is 3.79. The molecule has 0 saturated heterocycles. The monoisotopic (exact) mass is 505 g/mol. The normalized spacial score (nSPS) is 11.1. The van der Waals surface area contributed by atoms with Crippen molar-refractivity contribution in [2.45, 2.75) is 59.3 Å². The molecule has 1 N–H and O–H groups in total. The number of hydrogen-bond donors (Lipinski definition) is 1. The highest BCUT2D eigenvalue weighted by atomic mass is 35.5. The summed E-state index contributed by atoms with van der Waals surface area (Å²) >= 11 is 6.07. The Morgan fingerprint density at radius 1 is 1.06 bits per heavy atom. The molecule has 35 heavy (non-hydrogen) atoms. The van der Waals surface area contributed by atoms with Gasteiger partial charge in [-0.2, -0.15) is 0 Å². The molecule has 12 heteroatoms. The second-order valence-corrected chi connectivity index (χ2v) is 8.21. The number of nitrogens with zero attached hydrogens (tertiary/aromatic N) is 4. The van der Waals surface area contributed by atoms with Gasteiger partial charge in [0.15, 0.2) is 5.69 Å². The van der Waals surface area contributed by atoms with Crippen LogP contribution >= 0.6 is 11.6 Å². The van der Waals surface area contributed by atoms with E-state index in [2.05, 4.69) is 29.4 Å². The van der Waals surface area contributed by atoms with Gasteiger partial charge in [0.05, 0.1) is 33.2 Å².